The summed E-state index contributed by atoms with van der Waals surface area (Å²) in [5.41, 5.74) is 6.22. The second-order valence-corrected chi connectivity index (χ2v) is 6.79. The number of aromatic nitrogens is 1. The highest BCUT2D eigenvalue weighted by Gasteiger charge is 2.48. The molecule has 124 valence electrons. The Kier molecular flexibility index (Phi) is 4.35. The van der Waals surface area contributed by atoms with Crippen molar-refractivity contribution in [2.75, 3.05) is 26.7 Å². The van der Waals surface area contributed by atoms with E-state index in [0.29, 0.717) is 18.7 Å². The summed E-state index contributed by atoms with van der Waals surface area (Å²) in [7, 11) is 1.98. The van der Waals surface area contributed by atoms with Crippen LogP contribution in [0.25, 0.3) is 0 Å². The van der Waals surface area contributed by atoms with Gasteiger partial charge in [-0.1, -0.05) is 0 Å². The number of pyridine rings is 1. The van der Waals surface area contributed by atoms with Gasteiger partial charge < -0.3 is 10.6 Å². The maximum Gasteiger partial charge on any atom is 0.255 e. The summed E-state index contributed by atoms with van der Waals surface area (Å²) in [5.74, 6) is -0.216. The number of primary amides is 1. The molecule has 2 saturated heterocycles. The topological polar surface area (TPSA) is 79.5 Å². The molecule has 6 heteroatoms. The molecule has 2 aliphatic heterocycles. The van der Waals surface area contributed by atoms with E-state index in [0.717, 1.165) is 32.2 Å². The maximum atomic E-state index is 12.5. The molecule has 2 aliphatic rings. The Labute approximate surface area is 136 Å². The van der Waals surface area contributed by atoms with Crippen LogP contribution < -0.4 is 5.73 Å². The second-order valence-electron chi connectivity index (χ2n) is 6.79. The number of rotatable bonds is 2. The lowest BCUT2D eigenvalue weighted by atomic mass is 9.66. The van der Waals surface area contributed by atoms with E-state index in [2.05, 4.69) is 9.88 Å². The Morgan fingerprint density at radius 3 is 2.61 bits per heavy atom. The zero-order chi connectivity index (χ0) is 16.4. The highest BCUT2D eigenvalue weighted by molar-refractivity contribution is 5.94. The molecule has 6 nitrogen and oxygen atoms in total. The minimum absolute atomic E-state index is 0.0211. The molecule has 0 radical (unpaired) electrons. The summed E-state index contributed by atoms with van der Waals surface area (Å²) in [6.45, 7) is 2.25. The Morgan fingerprint density at radius 1 is 1.26 bits per heavy atom. The number of nitrogens with two attached hydrogens (primary N) is 1. The molecule has 1 unspecified atom stereocenters. The number of likely N-dealkylation sites (N-methyl/N-ethyl adjacent to an activating group) is 1. The van der Waals surface area contributed by atoms with E-state index in [4.69, 9.17) is 5.73 Å². The fourth-order valence-electron chi connectivity index (χ4n) is 4.28. The van der Waals surface area contributed by atoms with Gasteiger partial charge in [0.2, 0.25) is 5.91 Å². The van der Waals surface area contributed by atoms with Crippen molar-refractivity contribution in [3.63, 3.8) is 0 Å². The monoisotopic (exact) mass is 316 g/mol. The van der Waals surface area contributed by atoms with Gasteiger partial charge in [-0.3, -0.25) is 19.5 Å². The molecule has 2 N–H and O–H groups in total. The molecule has 0 bridgehead atoms. The van der Waals surface area contributed by atoms with Gasteiger partial charge in [0.15, 0.2) is 0 Å². The number of piperidine rings is 2. The van der Waals surface area contributed by atoms with E-state index in [9.17, 15) is 9.59 Å². The zero-order valence-electron chi connectivity index (χ0n) is 13.6. The van der Waals surface area contributed by atoms with Gasteiger partial charge in [-0.05, 0) is 56.8 Å². The molecule has 3 heterocycles. The standard InChI is InChI=1S/C17H24N4O2/c1-20-9-3-5-17(14(20)15(18)22)6-10-21(11-7-17)16(23)13-4-2-8-19-12-13/h2,4,8,12,14H,3,5-7,9-11H2,1H3,(H2,18,22). The average Bonchev–Trinajstić information content (AvgIpc) is 2.55. The molecule has 1 aromatic heterocycles. The van der Waals surface area contributed by atoms with Crippen LogP contribution in [0.5, 0.6) is 0 Å². The van der Waals surface area contributed by atoms with Crippen LogP contribution in [0.1, 0.15) is 36.0 Å². The smallest absolute Gasteiger partial charge is 0.255 e. The van der Waals surface area contributed by atoms with Gasteiger partial charge in [0.05, 0.1) is 11.6 Å². The van der Waals surface area contributed by atoms with Crippen molar-refractivity contribution in [1.82, 2.24) is 14.8 Å². The Morgan fingerprint density at radius 2 is 2.00 bits per heavy atom. The van der Waals surface area contributed by atoms with E-state index >= 15 is 0 Å². The van der Waals surface area contributed by atoms with E-state index in [1.54, 1.807) is 24.5 Å². The molecule has 23 heavy (non-hydrogen) atoms. The van der Waals surface area contributed by atoms with Crippen molar-refractivity contribution in [3.05, 3.63) is 30.1 Å². The molecule has 2 fully saturated rings. The van der Waals surface area contributed by atoms with Crippen molar-refractivity contribution >= 4 is 11.8 Å². The quantitative estimate of drug-likeness (QED) is 0.878. The second kappa shape index (κ2) is 6.28. The highest BCUT2D eigenvalue weighted by Crippen LogP contribution is 2.44. The fraction of sp³-hybridized carbons (Fsp3) is 0.588. The first-order valence-corrected chi connectivity index (χ1v) is 8.22. The summed E-state index contributed by atoms with van der Waals surface area (Å²) >= 11 is 0. The van der Waals surface area contributed by atoms with Crippen LogP contribution in [0.2, 0.25) is 0 Å². The van der Waals surface area contributed by atoms with Crippen molar-refractivity contribution in [3.8, 4) is 0 Å². The Balaban J connectivity index is 1.72. The number of hydrogen-bond donors (Lipinski definition) is 1. The van der Waals surface area contributed by atoms with E-state index in [-0.39, 0.29) is 23.3 Å². The molecule has 1 aromatic rings. The SMILES string of the molecule is CN1CCCC2(CCN(C(=O)c3cccnc3)CC2)C1C(N)=O. The lowest BCUT2D eigenvalue weighted by Gasteiger charge is -2.51. The maximum absolute atomic E-state index is 12.5. The third-order valence-electron chi connectivity index (χ3n) is 5.43. The number of carbonyl (C=O) groups excluding carboxylic acids is 2. The molecule has 1 atom stereocenters. The van der Waals surface area contributed by atoms with Gasteiger partial charge in [-0.2, -0.15) is 0 Å². The van der Waals surface area contributed by atoms with Gasteiger partial charge in [0, 0.05) is 25.5 Å². The minimum atomic E-state index is -0.237. The zero-order valence-corrected chi connectivity index (χ0v) is 13.6. The van der Waals surface area contributed by atoms with Crippen LogP contribution in [0, 0.1) is 5.41 Å². The van der Waals surface area contributed by atoms with Crippen LogP contribution in [-0.4, -0.2) is 59.3 Å². The number of nitrogens with zero attached hydrogens (tertiary/aromatic N) is 3. The molecule has 3 rings (SSSR count). The number of hydrogen-bond acceptors (Lipinski definition) is 4. The first-order chi connectivity index (χ1) is 11.0. The van der Waals surface area contributed by atoms with Crippen LogP contribution >= 0.6 is 0 Å². The largest absolute Gasteiger partial charge is 0.368 e. The van der Waals surface area contributed by atoms with Gasteiger partial charge in [-0.25, -0.2) is 0 Å². The van der Waals surface area contributed by atoms with Gasteiger partial charge in [0.25, 0.3) is 5.91 Å². The van der Waals surface area contributed by atoms with Crippen molar-refractivity contribution in [2.24, 2.45) is 11.1 Å². The van der Waals surface area contributed by atoms with E-state index in [1.165, 1.54) is 0 Å². The molecule has 1 spiro atoms. The highest BCUT2D eigenvalue weighted by atomic mass is 16.2. The van der Waals surface area contributed by atoms with Crippen LogP contribution in [0.4, 0.5) is 0 Å². The van der Waals surface area contributed by atoms with Gasteiger partial charge in [-0.15, -0.1) is 0 Å². The Hall–Kier alpha value is -1.95. The minimum Gasteiger partial charge on any atom is -0.368 e. The average molecular weight is 316 g/mol. The van der Waals surface area contributed by atoms with Crippen molar-refractivity contribution in [1.29, 1.82) is 0 Å². The predicted octanol–water partition coefficient (Wildman–Crippen LogP) is 0.883. The fourth-order valence-corrected chi connectivity index (χ4v) is 4.28. The lowest BCUT2D eigenvalue weighted by Crippen LogP contribution is -2.60. The normalized spacial score (nSPS) is 24.6. The van der Waals surface area contributed by atoms with Crippen LogP contribution in [0.3, 0.4) is 0 Å². The molecular formula is C17H24N4O2. The van der Waals surface area contributed by atoms with Gasteiger partial charge in [0.1, 0.15) is 0 Å². The van der Waals surface area contributed by atoms with Crippen molar-refractivity contribution < 1.29 is 9.59 Å². The molecule has 2 amide bonds. The predicted molar refractivity (Wildman–Crippen MR) is 86.7 cm³/mol. The summed E-state index contributed by atoms with van der Waals surface area (Å²) in [4.78, 5) is 32.5. The summed E-state index contributed by atoms with van der Waals surface area (Å²) in [5, 5.41) is 0. The van der Waals surface area contributed by atoms with E-state index < -0.39 is 0 Å². The summed E-state index contributed by atoms with van der Waals surface area (Å²) < 4.78 is 0. The van der Waals surface area contributed by atoms with Crippen molar-refractivity contribution in [2.45, 2.75) is 31.7 Å². The molecule has 0 aromatic carbocycles. The first kappa shape index (κ1) is 15.9. The summed E-state index contributed by atoms with van der Waals surface area (Å²) in [6, 6.07) is 3.35. The number of likely N-dealkylation sites (tertiary alicyclic amines) is 2. The van der Waals surface area contributed by atoms with Crippen LogP contribution in [0.15, 0.2) is 24.5 Å². The van der Waals surface area contributed by atoms with E-state index in [1.807, 2.05) is 11.9 Å². The number of carbonyl (C=O) groups is 2. The van der Waals surface area contributed by atoms with Gasteiger partial charge >= 0.3 is 0 Å². The summed E-state index contributed by atoms with van der Waals surface area (Å²) in [6.07, 6.45) is 7.02. The lowest BCUT2D eigenvalue weighted by molar-refractivity contribution is -0.132. The Bertz CT molecular complexity index is 582. The molecular weight excluding hydrogens is 292 g/mol. The third kappa shape index (κ3) is 2.95. The first-order valence-electron chi connectivity index (χ1n) is 8.22. The molecule has 0 aliphatic carbocycles. The third-order valence-corrected chi connectivity index (χ3v) is 5.43. The van der Waals surface area contributed by atoms with Crippen LogP contribution in [-0.2, 0) is 4.79 Å². The number of amides is 2. The molecule has 0 saturated carbocycles.